The molecule has 0 saturated carbocycles. The molecule has 4 rings (SSSR count). The quantitative estimate of drug-likeness (QED) is 0.520. The molecule has 148 valence electrons. The molecule has 1 atom stereocenters. The Labute approximate surface area is 168 Å². The number of hydrogen-bond donors (Lipinski definition) is 1. The molecular formula is C23H21NO5. The minimum absolute atomic E-state index is 0.0267. The average molecular weight is 391 g/mol. The van der Waals surface area contributed by atoms with Crippen LogP contribution in [0.3, 0.4) is 0 Å². The highest BCUT2D eigenvalue weighted by Gasteiger charge is 2.46. The fraction of sp³-hybridized carbons (Fsp3) is 0.217. The second-order valence-electron chi connectivity index (χ2n) is 6.88. The summed E-state index contributed by atoms with van der Waals surface area (Å²) in [4.78, 5) is 24.8. The number of fused-ring (bicyclic) bond motifs is 1. The summed E-state index contributed by atoms with van der Waals surface area (Å²) in [5.41, 5.74) is -0.605. The van der Waals surface area contributed by atoms with E-state index in [0.717, 1.165) is 22.8 Å². The van der Waals surface area contributed by atoms with E-state index in [4.69, 9.17) is 14.2 Å². The van der Waals surface area contributed by atoms with Crippen LogP contribution in [-0.4, -0.2) is 24.4 Å². The highest BCUT2D eigenvalue weighted by molar-refractivity contribution is 5.89. The van der Waals surface area contributed by atoms with Gasteiger partial charge in [0, 0.05) is 6.42 Å². The van der Waals surface area contributed by atoms with Crippen molar-refractivity contribution in [3.8, 4) is 5.75 Å². The Bertz CT molecular complexity index is 1010. The van der Waals surface area contributed by atoms with Gasteiger partial charge in [-0.1, -0.05) is 60.7 Å². The van der Waals surface area contributed by atoms with Crippen LogP contribution in [0.4, 0.5) is 4.79 Å². The van der Waals surface area contributed by atoms with Crippen molar-refractivity contribution in [2.45, 2.75) is 25.2 Å². The summed E-state index contributed by atoms with van der Waals surface area (Å²) in [6.07, 6.45) is 0.0702. The Hall–Kier alpha value is -3.38. The maximum Gasteiger partial charge on any atom is 0.516 e. The number of carbonyl (C=O) groups is 2. The molecule has 0 aromatic heterocycles. The van der Waals surface area contributed by atoms with E-state index < -0.39 is 17.8 Å². The Morgan fingerprint density at radius 2 is 1.69 bits per heavy atom. The normalized spacial score (nSPS) is 18.3. The maximum absolute atomic E-state index is 12.7. The van der Waals surface area contributed by atoms with E-state index in [-0.39, 0.29) is 6.61 Å². The number of ether oxygens (including phenoxy) is 3. The third-order valence-corrected chi connectivity index (χ3v) is 4.83. The van der Waals surface area contributed by atoms with Gasteiger partial charge in [0.25, 0.3) is 5.72 Å². The van der Waals surface area contributed by atoms with Crippen LogP contribution >= 0.6 is 0 Å². The smallest absolute Gasteiger partial charge is 0.461 e. The second kappa shape index (κ2) is 8.32. The van der Waals surface area contributed by atoms with Crippen molar-refractivity contribution in [2.75, 3.05) is 6.54 Å². The molecule has 6 heteroatoms. The summed E-state index contributed by atoms with van der Waals surface area (Å²) in [6.45, 7) is 0.612. The second-order valence-corrected chi connectivity index (χ2v) is 6.88. The van der Waals surface area contributed by atoms with Crippen molar-refractivity contribution in [3.05, 3.63) is 78.4 Å². The van der Waals surface area contributed by atoms with E-state index in [0.29, 0.717) is 18.7 Å². The molecule has 29 heavy (non-hydrogen) atoms. The molecule has 1 aliphatic rings. The standard InChI is InChI=1S/C23H21NO5/c25-21(28-22(26)27-16-17-7-2-1-3-8-17)23(13-6-14-24-23)29-20-12-11-18-9-4-5-10-19(18)15-20/h1-5,7-12,15,24H,6,13-14,16H2/t23-/m1/s1. The number of esters is 1. The Balaban J connectivity index is 1.44. The van der Waals surface area contributed by atoms with Gasteiger partial charge in [-0.2, -0.15) is 0 Å². The lowest BCUT2D eigenvalue weighted by Gasteiger charge is -2.27. The zero-order chi connectivity index (χ0) is 20.1. The third kappa shape index (κ3) is 4.38. The lowest BCUT2D eigenvalue weighted by Crippen LogP contribution is -2.54. The van der Waals surface area contributed by atoms with Gasteiger partial charge in [0.15, 0.2) is 0 Å². The van der Waals surface area contributed by atoms with Crippen LogP contribution < -0.4 is 10.1 Å². The average Bonchev–Trinajstić information content (AvgIpc) is 3.23. The first-order valence-electron chi connectivity index (χ1n) is 9.50. The molecule has 0 amide bonds. The molecule has 0 unspecified atom stereocenters. The van der Waals surface area contributed by atoms with Crippen molar-refractivity contribution < 1.29 is 23.8 Å². The van der Waals surface area contributed by atoms with Crippen LogP contribution in [-0.2, 0) is 20.9 Å². The predicted molar refractivity (Wildman–Crippen MR) is 107 cm³/mol. The number of rotatable bonds is 5. The third-order valence-electron chi connectivity index (χ3n) is 4.83. The lowest BCUT2D eigenvalue weighted by molar-refractivity contribution is -0.159. The summed E-state index contributed by atoms with van der Waals surface area (Å²) < 4.78 is 16.0. The Morgan fingerprint density at radius 3 is 2.45 bits per heavy atom. The van der Waals surface area contributed by atoms with Gasteiger partial charge in [-0.3, -0.25) is 5.32 Å². The van der Waals surface area contributed by atoms with Crippen LogP contribution in [0.1, 0.15) is 18.4 Å². The van der Waals surface area contributed by atoms with Gasteiger partial charge in [-0.15, -0.1) is 0 Å². The summed E-state index contributed by atoms with van der Waals surface area (Å²) >= 11 is 0. The molecule has 1 N–H and O–H groups in total. The van der Waals surface area contributed by atoms with Gasteiger partial charge in [-0.25, -0.2) is 9.59 Å². The van der Waals surface area contributed by atoms with Gasteiger partial charge in [0.2, 0.25) is 0 Å². The molecule has 3 aromatic carbocycles. The summed E-state index contributed by atoms with van der Waals surface area (Å²) in [5.74, 6) is -0.283. The highest BCUT2D eigenvalue weighted by atomic mass is 16.7. The lowest BCUT2D eigenvalue weighted by atomic mass is 10.1. The van der Waals surface area contributed by atoms with Crippen LogP contribution in [0.5, 0.6) is 5.75 Å². The molecule has 0 bridgehead atoms. The van der Waals surface area contributed by atoms with Crippen LogP contribution in [0.25, 0.3) is 10.8 Å². The van der Waals surface area contributed by atoms with Gasteiger partial charge in [0.05, 0.1) is 0 Å². The van der Waals surface area contributed by atoms with Crippen molar-refractivity contribution in [3.63, 3.8) is 0 Å². The molecular weight excluding hydrogens is 370 g/mol. The van der Waals surface area contributed by atoms with E-state index in [1.54, 1.807) is 6.07 Å². The van der Waals surface area contributed by atoms with Crippen molar-refractivity contribution >= 4 is 22.9 Å². The number of hydrogen-bond acceptors (Lipinski definition) is 6. The highest BCUT2D eigenvalue weighted by Crippen LogP contribution is 2.28. The number of nitrogens with one attached hydrogen (secondary N) is 1. The number of benzene rings is 3. The summed E-state index contributed by atoms with van der Waals surface area (Å²) in [6, 6.07) is 22.6. The summed E-state index contributed by atoms with van der Waals surface area (Å²) in [7, 11) is 0. The first-order chi connectivity index (χ1) is 14.1. The topological polar surface area (TPSA) is 73.9 Å². The zero-order valence-corrected chi connectivity index (χ0v) is 15.8. The zero-order valence-electron chi connectivity index (χ0n) is 15.8. The van der Waals surface area contributed by atoms with Crippen LogP contribution in [0.2, 0.25) is 0 Å². The maximum atomic E-state index is 12.7. The Morgan fingerprint density at radius 1 is 0.931 bits per heavy atom. The SMILES string of the molecule is O=C(OCc1ccccc1)OC(=O)[C@]1(Oc2ccc3ccccc3c2)CCCN1. The van der Waals surface area contributed by atoms with E-state index >= 15 is 0 Å². The molecule has 3 aromatic rings. The first kappa shape index (κ1) is 19.0. The van der Waals surface area contributed by atoms with Gasteiger partial charge >= 0.3 is 12.1 Å². The predicted octanol–water partition coefficient (Wildman–Crippen LogP) is 4.18. The molecule has 1 aliphatic heterocycles. The van der Waals surface area contributed by atoms with Crippen molar-refractivity contribution in [1.82, 2.24) is 5.32 Å². The van der Waals surface area contributed by atoms with E-state index in [2.05, 4.69) is 5.32 Å². The minimum atomic E-state index is -1.41. The number of carbonyl (C=O) groups excluding carboxylic acids is 2. The van der Waals surface area contributed by atoms with Gasteiger partial charge in [0.1, 0.15) is 12.4 Å². The fourth-order valence-electron chi connectivity index (χ4n) is 3.36. The van der Waals surface area contributed by atoms with Crippen molar-refractivity contribution in [2.24, 2.45) is 0 Å². The molecule has 6 nitrogen and oxygen atoms in total. The van der Waals surface area contributed by atoms with Crippen molar-refractivity contribution in [1.29, 1.82) is 0 Å². The van der Waals surface area contributed by atoms with Gasteiger partial charge < -0.3 is 14.2 Å². The largest absolute Gasteiger partial charge is 0.516 e. The minimum Gasteiger partial charge on any atom is -0.461 e. The molecule has 1 saturated heterocycles. The van der Waals surface area contributed by atoms with Gasteiger partial charge in [-0.05, 0) is 41.4 Å². The molecule has 0 radical (unpaired) electrons. The van der Waals surface area contributed by atoms with Crippen LogP contribution in [0, 0.1) is 0 Å². The van der Waals surface area contributed by atoms with E-state index in [1.165, 1.54) is 0 Å². The van der Waals surface area contributed by atoms with Crippen LogP contribution in [0.15, 0.2) is 72.8 Å². The Kier molecular flexibility index (Phi) is 5.44. The summed E-state index contributed by atoms with van der Waals surface area (Å²) in [5, 5.41) is 5.11. The first-order valence-corrected chi connectivity index (χ1v) is 9.50. The van der Waals surface area contributed by atoms with E-state index in [9.17, 15) is 9.59 Å². The molecule has 1 heterocycles. The molecule has 0 spiro atoms. The monoisotopic (exact) mass is 391 g/mol. The fourth-order valence-corrected chi connectivity index (χ4v) is 3.36. The molecule has 1 fully saturated rings. The van der Waals surface area contributed by atoms with E-state index in [1.807, 2.05) is 66.7 Å². The molecule has 0 aliphatic carbocycles.